The summed E-state index contributed by atoms with van der Waals surface area (Å²) in [6.45, 7) is 2.41. The van der Waals surface area contributed by atoms with Crippen molar-refractivity contribution in [2.75, 3.05) is 29.4 Å². The lowest BCUT2D eigenvalue weighted by atomic mass is 9.94. The van der Waals surface area contributed by atoms with Gasteiger partial charge in [0.2, 0.25) is 5.91 Å². The number of aromatic nitrogens is 3. The normalized spacial score (nSPS) is 18.7. The molecular weight excluding hydrogens is 374 g/mol. The number of anilines is 2. The van der Waals surface area contributed by atoms with E-state index in [1.54, 1.807) is 12.4 Å². The number of piperidine rings is 1. The summed E-state index contributed by atoms with van der Waals surface area (Å²) >= 11 is 0. The summed E-state index contributed by atoms with van der Waals surface area (Å²) in [7, 11) is 0. The summed E-state index contributed by atoms with van der Waals surface area (Å²) in [6, 6.07) is 16.1. The van der Waals surface area contributed by atoms with Crippen LogP contribution in [0.1, 0.15) is 24.8 Å². The lowest BCUT2D eigenvalue weighted by Gasteiger charge is -2.37. The average Bonchev–Trinajstić information content (AvgIpc) is 2.84. The molecule has 1 atom stereocenters. The molecular formula is C24H25N5O. The van der Waals surface area contributed by atoms with Gasteiger partial charge >= 0.3 is 0 Å². The Kier molecular flexibility index (Phi) is 5.13. The largest absolute Gasteiger partial charge is 0.354 e. The number of carbonyl (C=O) groups excluding carboxylic acids is 1. The van der Waals surface area contributed by atoms with Crippen molar-refractivity contribution in [3.63, 3.8) is 0 Å². The Balaban J connectivity index is 1.31. The molecule has 1 unspecified atom stereocenters. The second kappa shape index (κ2) is 8.22. The smallest absolute Gasteiger partial charge is 0.231 e. The van der Waals surface area contributed by atoms with Crippen LogP contribution in [0.15, 0.2) is 60.9 Å². The van der Waals surface area contributed by atoms with Crippen LogP contribution in [0.2, 0.25) is 0 Å². The van der Waals surface area contributed by atoms with E-state index in [4.69, 9.17) is 0 Å². The molecule has 3 aromatic rings. The van der Waals surface area contributed by atoms with Crippen molar-refractivity contribution in [1.29, 1.82) is 0 Å². The quantitative estimate of drug-likeness (QED) is 0.671. The van der Waals surface area contributed by atoms with Gasteiger partial charge in [-0.05, 0) is 61.6 Å². The summed E-state index contributed by atoms with van der Waals surface area (Å²) < 4.78 is 0. The van der Waals surface area contributed by atoms with Crippen LogP contribution in [0.25, 0.3) is 11.3 Å². The summed E-state index contributed by atoms with van der Waals surface area (Å²) in [6.07, 6.45) is 7.52. The molecule has 0 saturated carbocycles. The first-order chi connectivity index (χ1) is 14.8. The van der Waals surface area contributed by atoms with Crippen molar-refractivity contribution in [1.82, 2.24) is 15.2 Å². The number of hydrogen-bond donors (Lipinski definition) is 0. The average molecular weight is 399 g/mol. The van der Waals surface area contributed by atoms with Gasteiger partial charge in [-0.2, -0.15) is 0 Å². The molecule has 0 aliphatic carbocycles. The first-order valence-electron chi connectivity index (χ1n) is 10.7. The molecule has 5 rings (SSSR count). The van der Waals surface area contributed by atoms with Gasteiger partial charge in [-0.3, -0.25) is 9.78 Å². The predicted molar refractivity (Wildman–Crippen MR) is 117 cm³/mol. The van der Waals surface area contributed by atoms with E-state index in [1.165, 1.54) is 5.56 Å². The molecule has 1 saturated heterocycles. The van der Waals surface area contributed by atoms with E-state index >= 15 is 0 Å². The van der Waals surface area contributed by atoms with E-state index < -0.39 is 0 Å². The summed E-state index contributed by atoms with van der Waals surface area (Å²) in [5.41, 5.74) is 4.13. The van der Waals surface area contributed by atoms with Crippen LogP contribution in [-0.4, -0.2) is 40.7 Å². The second-order valence-electron chi connectivity index (χ2n) is 8.03. The third-order valence-electron chi connectivity index (χ3n) is 6.08. The number of nitrogens with zero attached hydrogens (tertiary/aromatic N) is 5. The maximum atomic E-state index is 13.4. The first-order valence-corrected chi connectivity index (χ1v) is 10.7. The number of para-hydroxylation sites is 1. The van der Waals surface area contributed by atoms with Crippen molar-refractivity contribution in [3.05, 3.63) is 66.5 Å². The lowest BCUT2D eigenvalue weighted by Crippen LogP contribution is -2.46. The van der Waals surface area contributed by atoms with Crippen LogP contribution in [0.4, 0.5) is 11.5 Å². The zero-order valence-corrected chi connectivity index (χ0v) is 16.9. The van der Waals surface area contributed by atoms with Gasteiger partial charge in [0.15, 0.2) is 5.82 Å². The van der Waals surface area contributed by atoms with E-state index in [0.717, 1.165) is 61.5 Å². The minimum atomic E-state index is -0.00953. The number of hydrogen-bond acceptors (Lipinski definition) is 5. The van der Waals surface area contributed by atoms with E-state index in [9.17, 15) is 4.79 Å². The Bertz CT molecular complexity index is 1020. The van der Waals surface area contributed by atoms with Crippen LogP contribution < -0.4 is 9.80 Å². The van der Waals surface area contributed by atoms with Gasteiger partial charge in [0, 0.05) is 43.3 Å². The number of amides is 1. The molecule has 0 N–H and O–H groups in total. The van der Waals surface area contributed by atoms with Crippen molar-refractivity contribution in [3.8, 4) is 11.3 Å². The topological polar surface area (TPSA) is 62.2 Å². The van der Waals surface area contributed by atoms with Crippen LogP contribution in [0.5, 0.6) is 0 Å². The molecule has 1 aromatic carbocycles. The Morgan fingerprint density at radius 2 is 1.90 bits per heavy atom. The molecule has 2 aliphatic rings. The molecule has 1 amide bonds. The summed E-state index contributed by atoms with van der Waals surface area (Å²) in [5.74, 6) is 1.07. The Hall–Kier alpha value is -3.28. The highest BCUT2D eigenvalue weighted by Gasteiger charge is 2.32. The van der Waals surface area contributed by atoms with Crippen molar-refractivity contribution >= 4 is 17.4 Å². The molecule has 2 aliphatic heterocycles. The zero-order valence-electron chi connectivity index (χ0n) is 16.9. The highest BCUT2D eigenvalue weighted by Crippen LogP contribution is 2.31. The van der Waals surface area contributed by atoms with Gasteiger partial charge in [0.05, 0.1) is 11.6 Å². The Morgan fingerprint density at radius 3 is 2.73 bits per heavy atom. The van der Waals surface area contributed by atoms with Gasteiger partial charge in [0.25, 0.3) is 0 Å². The number of pyridine rings is 1. The molecule has 30 heavy (non-hydrogen) atoms. The van der Waals surface area contributed by atoms with Crippen molar-refractivity contribution in [2.24, 2.45) is 5.92 Å². The number of rotatable bonds is 3. The molecule has 6 nitrogen and oxygen atoms in total. The fraction of sp³-hybridized carbons (Fsp3) is 0.333. The minimum absolute atomic E-state index is 0.00953. The van der Waals surface area contributed by atoms with Gasteiger partial charge < -0.3 is 9.80 Å². The molecule has 0 radical (unpaired) electrons. The second-order valence-corrected chi connectivity index (χ2v) is 8.03. The number of aryl methyl sites for hydroxylation is 1. The highest BCUT2D eigenvalue weighted by molar-refractivity contribution is 5.96. The van der Waals surface area contributed by atoms with Crippen LogP contribution in [0.3, 0.4) is 0 Å². The summed E-state index contributed by atoms with van der Waals surface area (Å²) in [5, 5.41) is 8.83. The first kappa shape index (κ1) is 18.7. The maximum absolute atomic E-state index is 13.4. The van der Waals surface area contributed by atoms with Gasteiger partial charge in [0.1, 0.15) is 0 Å². The molecule has 6 heteroatoms. The van der Waals surface area contributed by atoms with E-state index in [2.05, 4.69) is 38.3 Å². The SMILES string of the molecule is O=C(C1CCCN(c2ccc(-c3cccnc3)nn2)C1)N1CCCc2ccccc21. The number of fused-ring (bicyclic) bond motifs is 1. The molecule has 4 heterocycles. The van der Waals surface area contributed by atoms with E-state index in [1.807, 2.05) is 35.2 Å². The van der Waals surface area contributed by atoms with Gasteiger partial charge in [-0.15, -0.1) is 10.2 Å². The molecule has 0 bridgehead atoms. The Morgan fingerprint density at radius 1 is 0.967 bits per heavy atom. The number of carbonyl (C=O) groups is 1. The van der Waals surface area contributed by atoms with Crippen LogP contribution in [0, 0.1) is 5.92 Å². The standard InChI is InChI=1S/C24H25N5O/c30-24(29-15-5-8-18-6-1-2-10-22(18)29)20-9-4-14-28(17-20)23-12-11-21(26-27-23)19-7-3-13-25-16-19/h1-3,6-7,10-13,16,20H,4-5,8-9,14-15,17H2. The van der Waals surface area contributed by atoms with Crippen LogP contribution in [-0.2, 0) is 11.2 Å². The fourth-order valence-electron chi connectivity index (χ4n) is 4.53. The lowest BCUT2D eigenvalue weighted by molar-refractivity contribution is -0.122. The van der Waals surface area contributed by atoms with Crippen LogP contribution >= 0.6 is 0 Å². The highest BCUT2D eigenvalue weighted by atomic mass is 16.2. The predicted octanol–water partition coefficient (Wildman–Crippen LogP) is 3.73. The van der Waals surface area contributed by atoms with E-state index in [-0.39, 0.29) is 11.8 Å². The molecule has 1 fully saturated rings. The summed E-state index contributed by atoms with van der Waals surface area (Å²) in [4.78, 5) is 21.7. The maximum Gasteiger partial charge on any atom is 0.231 e. The Labute approximate surface area is 176 Å². The molecule has 152 valence electrons. The van der Waals surface area contributed by atoms with Gasteiger partial charge in [-0.1, -0.05) is 18.2 Å². The van der Waals surface area contributed by atoms with E-state index in [0.29, 0.717) is 6.54 Å². The monoisotopic (exact) mass is 399 g/mol. The van der Waals surface area contributed by atoms with Gasteiger partial charge in [-0.25, -0.2) is 0 Å². The third-order valence-corrected chi connectivity index (χ3v) is 6.08. The number of benzene rings is 1. The fourth-order valence-corrected chi connectivity index (χ4v) is 4.53. The minimum Gasteiger partial charge on any atom is -0.354 e. The molecule has 2 aromatic heterocycles. The zero-order chi connectivity index (χ0) is 20.3. The third kappa shape index (κ3) is 3.65. The van der Waals surface area contributed by atoms with Crippen molar-refractivity contribution < 1.29 is 4.79 Å². The van der Waals surface area contributed by atoms with Crippen molar-refractivity contribution in [2.45, 2.75) is 25.7 Å². The molecule has 0 spiro atoms.